The second kappa shape index (κ2) is 6.20. The minimum absolute atomic E-state index is 0.793. The summed E-state index contributed by atoms with van der Waals surface area (Å²) in [5, 5.41) is 3.05. The van der Waals surface area contributed by atoms with Gasteiger partial charge in [0.15, 0.2) is 0 Å². The summed E-state index contributed by atoms with van der Waals surface area (Å²) in [5.74, 6) is 1.59. The minimum atomic E-state index is 0.793. The smallest absolute Gasteiger partial charge is 0.128 e. The van der Waals surface area contributed by atoms with Gasteiger partial charge in [-0.05, 0) is 31.2 Å². The second-order valence-corrected chi connectivity index (χ2v) is 5.83. The Morgan fingerprint density at radius 3 is 2.59 bits per heavy atom. The molecule has 2 aromatic carbocycles. The number of hydrogen-bond donors (Lipinski definition) is 0. The summed E-state index contributed by atoms with van der Waals surface area (Å²) in [6.07, 6.45) is 0. The van der Waals surface area contributed by atoms with Crippen molar-refractivity contribution < 1.29 is 9.47 Å². The summed E-state index contributed by atoms with van der Waals surface area (Å²) in [6.45, 7) is 2.09. The quantitative estimate of drug-likeness (QED) is 0.693. The van der Waals surface area contributed by atoms with E-state index in [9.17, 15) is 0 Å². The fraction of sp³-hybridized carbons (Fsp3) is 0.167. The molecule has 1 aromatic heterocycles. The van der Waals surface area contributed by atoms with Crippen molar-refractivity contribution in [1.82, 2.24) is 4.98 Å². The van der Waals surface area contributed by atoms with E-state index >= 15 is 0 Å². The lowest BCUT2D eigenvalue weighted by atomic mass is 10.1. The standard InChI is InChI=1S/C18H17NO2S/c1-12-5-4-6-13(9-12)18-19-16(11-22-18)15-10-14(20-2)7-8-17(15)21-3/h4-11H,1-3H3. The molecule has 0 saturated heterocycles. The summed E-state index contributed by atoms with van der Waals surface area (Å²) in [5.41, 5.74) is 4.21. The first-order chi connectivity index (χ1) is 10.7. The van der Waals surface area contributed by atoms with Crippen molar-refractivity contribution in [3.8, 4) is 33.3 Å². The molecule has 0 aliphatic carbocycles. The lowest BCUT2D eigenvalue weighted by Crippen LogP contribution is -1.90. The first-order valence-corrected chi connectivity index (χ1v) is 7.84. The monoisotopic (exact) mass is 311 g/mol. The molecule has 0 amide bonds. The number of aryl methyl sites for hydroxylation is 1. The third-order valence-corrected chi connectivity index (χ3v) is 4.34. The van der Waals surface area contributed by atoms with Crippen LogP contribution < -0.4 is 9.47 Å². The number of nitrogens with zero attached hydrogens (tertiary/aromatic N) is 1. The molecule has 0 radical (unpaired) electrons. The van der Waals surface area contributed by atoms with E-state index < -0.39 is 0 Å². The number of benzene rings is 2. The van der Waals surface area contributed by atoms with Crippen LogP contribution in [0.2, 0.25) is 0 Å². The van der Waals surface area contributed by atoms with Gasteiger partial charge in [0.2, 0.25) is 0 Å². The van der Waals surface area contributed by atoms with Gasteiger partial charge in [0.25, 0.3) is 0 Å². The molecule has 3 rings (SSSR count). The van der Waals surface area contributed by atoms with Crippen LogP contribution in [0.5, 0.6) is 11.5 Å². The van der Waals surface area contributed by atoms with Gasteiger partial charge in [0, 0.05) is 16.5 Å². The van der Waals surface area contributed by atoms with Gasteiger partial charge in [-0.3, -0.25) is 0 Å². The Morgan fingerprint density at radius 2 is 1.86 bits per heavy atom. The van der Waals surface area contributed by atoms with Gasteiger partial charge >= 0.3 is 0 Å². The SMILES string of the molecule is COc1ccc(OC)c(-c2csc(-c3cccc(C)c3)n2)c1. The number of ether oxygens (including phenoxy) is 2. The molecule has 0 N–H and O–H groups in total. The maximum absolute atomic E-state index is 5.44. The maximum Gasteiger partial charge on any atom is 0.128 e. The van der Waals surface area contributed by atoms with Crippen molar-refractivity contribution in [3.05, 3.63) is 53.4 Å². The third-order valence-electron chi connectivity index (χ3n) is 3.45. The lowest BCUT2D eigenvalue weighted by molar-refractivity contribution is 0.404. The topological polar surface area (TPSA) is 31.4 Å². The van der Waals surface area contributed by atoms with Crippen molar-refractivity contribution in [2.24, 2.45) is 0 Å². The highest BCUT2D eigenvalue weighted by Crippen LogP contribution is 2.36. The molecular weight excluding hydrogens is 294 g/mol. The van der Waals surface area contributed by atoms with Crippen LogP contribution in [-0.4, -0.2) is 19.2 Å². The van der Waals surface area contributed by atoms with Crippen LogP contribution in [0.1, 0.15) is 5.56 Å². The van der Waals surface area contributed by atoms with Crippen molar-refractivity contribution in [2.45, 2.75) is 6.92 Å². The highest BCUT2D eigenvalue weighted by Gasteiger charge is 2.12. The van der Waals surface area contributed by atoms with Gasteiger partial charge in [-0.2, -0.15) is 0 Å². The largest absolute Gasteiger partial charge is 0.497 e. The summed E-state index contributed by atoms with van der Waals surface area (Å²) in [6, 6.07) is 14.1. The number of aromatic nitrogens is 1. The van der Waals surface area contributed by atoms with E-state index in [4.69, 9.17) is 14.5 Å². The second-order valence-electron chi connectivity index (χ2n) is 4.97. The van der Waals surface area contributed by atoms with Gasteiger partial charge < -0.3 is 9.47 Å². The molecule has 22 heavy (non-hydrogen) atoms. The molecule has 4 heteroatoms. The summed E-state index contributed by atoms with van der Waals surface area (Å²) in [4.78, 5) is 4.76. The molecule has 112 valence electrons. The Hall–Kier alpha value is -2.33. The summed E-state index contributed by atoms with van der Waals surface area (Å²) < 4.78 is 10.7. The van der Waals surface area contributed by atoms with E-state index in [-0.39, 0.29) is 0 Å². The number of hydrogen-bond acceptors (Lipinski definition) is 4. The van der Waals surface area contributed by atoms with Crippen LogP contribution in [0.25, 0.3) is 21.8 Å². The van der Waals surface area contributed by atoms with Gasteiger partial charge in [-0.1, -0.05) is 23.8 Å². The van der Waals surface area contributed by atoms with Gasteiger partial charge in [-0.15, -0.1) is 11.3 Å². The van der Waals surface area contributed by atoms with Crippen molar-refractivity contribution in [2.75, 3.05) is 14.2 Å². The first-order valence-electron chi connectivity index (χ1n) is 6.96. The van der Waals surface area contributed by atoms with Crippen molar-refractivity contribution >= 4 is 11.3 Å². The van der Waals surface area contributed by atoms with Crippen molar-refractivity contribution in [1.29, 1.82) is 0 Å². The molecule has 0 aliphatic rings. The average molecular weight is 311 g/mol. The van der Waals surface area contributed by atoms with Gasteiger partial charge in [0.1, 0.15) is 16.5 Å². The Kier molecular flexibility index (Phi) is 4.11. The van der Waals surface area contributed by atoms with Crippen LogP contribution >= 0.6 is 11.3 Å². The van der Waals surface area contributed by atoms with Gasteiger partial charge in [0.05, 0.1) is 19.9 Å². The lowest BCUT2D eigenvalue weighted by Gasteiger charge is -2.08. The summed E-state index contributed by atoms with van der Waals surface area (Å²) in [7, 11) is 3.32. The van der Waals surface area contributed by atoms with Crippen LogP contribution in [-0.2, 0) is 0 Å². The summed E-state index contributed by atoms with van der Waals surface area (Å²) >= 11 is 1.63. The Morgan fingerprint density at radius 1 is 1.00 bits per heavy atom. The third kappa shape index (κ3) is 2.83. The molecule has 3 nitrogen and oxygen atoms in total. The molecule has 0 atom stereocenters. The zero-order valence-corrected chi connectivity index (χ0v) is 13.6. The van der Waals surface area contributed by atoms with E-state index in [0.29, 0.717) is 0 Å². The van der Waals surface area contributed by atoms with E-state index in [1.165, 1.54) is 5.56 Å². The Labute approximate surface area is 134 Å². The Balaban J connectivity index is 2.04. The predicted molar refractivity (Wildman–Crippen MR) is 90.8 cm³/mol. The first kappa shape index (κ1) is 14.6. The normalized spacial score (nSPS) is 10.5. The number of rotatable bonds is 4. The van der Waals surface area contributed by atoms with E-state index in [1.54, 1.807) is 25.6 Å². The highest BCUT2D eigenvalue weighted by molar-refractivity contribution is 7.13. The number of methoxy groups -OCH3 is 2. The molecule has 0 spiro atoms. The average Bonchev–Trinajstić information content (AvgIpc) is 3.04. The fourth-order valence-electron chi connectivity index (χ4n) is 2.32. The van der Waals surface area contributed by atoms with E-state index in [2.05, 4.69) is 36.6 Å². The van der Waals surface area contributed by atoms with E-state index in [0.717, 1.165) is 33.3 Å². The molecule has 0 bridgehead atoms. The zero-order chi connectivity index (χ0) is 15.5. The van der Waals surface area contributed by atoms with Crippen LogP contribution in [0.4, 0.5) is 0 Å². The maximum atomic E-state index is 5.44. The number of thiazole rings is 1. The van der Waals surface area contributed by atoms with Crippen molar-refractivity contribution in [3.63, 3.8) is 0 Å². The predicted octanol–water partition coefficient (Wildman–Crippen LogP) is 4.80. The van der Waals surface area contributed by atoms with E-state index in [1.807, 2.05) is 18.2 Å². The molecule has 0 unspecified atom stereocenters. The molecule has 0 saturated carbocycles. The highest BCUT2D eigenvalue weighted by atomic mass is 32.1. The molecule has 0 aliphatic heterocycles. The van der Waals surface area contributed by atoms with Crippen LogP contribution in [0, 0.1) is 6.92 Å². The fourth-order valence-corrected chi connectivity index (χ4v) is 3.14. The van der Waals surface area contributed by atoms with Crippen LogP contribution in [0.15, 0.2) is 47.8 Å². The molecular formula is C18H17NO2S. The van der Waals surface area contributed by atoms with Crippen LogP contribution in [0.3, 0.4) is 0 Å². The zero-order valence-electron chi connectivity index (χ0n) is 12.8. The molecule has 1 heterocycles. The minimum Gasteiger partial charge on any atom is -0.497 e. The molecule has 3 aromatic rings. The Bertz CT molecular complexity index is 795. The molecule has 0 fully saturated rings. The van der Waals surface area contributed by atoms with Gasteiger partial charge in [-0.25, -0.2) is 4.98 Å².